The summed E-state index contributed by atoms with van der Waals surface area (Å²) >= 11 is 0. The Hall–Kier alpha value is -2.98. The van der Waals surface area contributed by atoms with Crippen molar-refractivity contribution >= 4 is 5.82 Å². The van der Waals surface area contributed by atoms with Crippen LogP contribution in [0.1, 0.15) is 5.69 Å². The molecule has 3 aromatic heterocycles. The fourth-order valence-electron chi connectivity index (χ4n) is 2.08. The molecule has 3 rings (SSSR count). The number of aryl methyl sites for hydroxylation is 1. The highest BCUT2D eigenvalue weighted by Gasteiger charge is 2.41. The summed E-state index contributed by atoms with van der Waals surface area (Å²) in [6.45, 7) is 0. The third kappa shape index (κ3) is 2.49. The maximum atomic E-state index is 13.8. The number of aromatic nitrogens is 6. The predicted molar refractivity (Wildman–Crippen MR) is 70.7 cm³/mol. The lowest BCUT2D eigenvalue weighted by Crippen LogP contribution is -2.09. The van der Waals surface area contributed by atoms with Crippen LogP contribution in [-0.4, -0.2) is 29.5 Å². The van der Waals surface area contributed by atoms with Crippen LogP contribution >= 0.6 is 0 Å². The summed E-state index contributed by atoms with van der Waals surface area (Å²) < 4.78 is 55.4. The van der Waals surface area contributed by atoms with E-state index in [0.29, 0.717) is 4.68 Å². The van der Waals surface area contributed by atoms with E-state index in [1.54, 1.807) is 0 Å². The number of hydrogen-bond acceptors (Lipinski definition) is 5. The SMILES string of the molecule is Cn1cc(-c2c(C(F)(F)F)nn(-c3ncccn3)c2N)c(F)n1. The van der Waals surface area contributed by atoms with Crippen molar-refractivity contribution in [1.29, 1.82) is 0 Å². The molecular weight excluding hydrogens is 318 g/mol. The molecule has 0 aromatic carbocycles. The minimum Gasteiger partial charge on any atom is -0.383 e. The maximum absolute atomic E-state index is 13.8. The van der Waals surface area contributed by atoms with Gasteiger partial charge in [0, 0.05) is 25.6 Å². The molecule has 0 aliphatic carbocycles. The highest BCUT2D eigenvalue weighted by Crippen LogP contribution is 2.40. The number of halogens is 4. The average molecular weight is 327 g/mol. The first-order valence-corrected chi connectivity index (χ1v) is 6.21. The summed E-state index contributed by atoms with van der Waals surface area (Å²) in [6.07, 6.45) is -1.11. The molecule has 11 heteroatoms. The van der Waals surface area contributed by atoms with Gasteiger partial charge in [-0.2, -0.15) is 27.3 Å². The summed E-state index contributed by atoms with van der Waals surface area (Å²) in [7, 11) is 1.38. The van der Waals surface area contributed by atoms with Crippen molar-refractivity contribution < 1.29 is 17.6 Å². The van der Waals surface area contributed by atoms with E-state index >= 15 is 0 Å². The van der Waals surface area contributed by atoms with E-state index in [0.717, 1.165) is 10.9 Å². The molecular formula is C12H9F4N7. The monoisotopic (exact) mass is 327 g/mol. The number of nitrogens with two attached hydrogens (primary N) is 1. The molecule has 0 aliphatic rings. The fraction of sp³-hybridized carbons (Fsp3) is 0.167. The number of rotatable bonds is 2. The zero-order chi connectivity index (χ0) is 16.8. The molecule has 0 unspecified atom stereocenters. The van der Waals surface area contributed by atoms with Crippen LogP contribution in [0.15, 0.2) is 24.7 Å². The summed E-state index contributed by atoms with van der Waals surface area (Å²) in [5, 5.41) is 6.81. The van der Waals surface area contributed by atoms with E-state index < -0.39 is 34.8 Å². The van der Waals surface area contributed by atoms with Crippen molar-refractivity contribution in [3.05, 3.63) is 36.3 Å². The van der Waals surface area contributed by atoms with Crippen LogP contribution in [0.2, 0.25) is 0 Å². The second-order valence-electron chi connectivity index (χ2n) is 4.57. The van der Waals surface area contributed by atoms with Gasteiger partial charge in [-0.3, -0.25) is 4.68 Å². The molecule has 0 fully saturated rings. The molecule has 0 bridgehead atoms. The molecule has 0 spiro atoms. The zero-order valence-corrected chi connectivity index (χ0v) is 11.6. The third-order valence-electron chi connectivity index (χ3n) is 2.98. The second kappa shape index (κ2) is 5.04. The van der Waals surface area contributed by atoms with E-state index in [-0.39, 0.29) is 5.95 Å². The number of alkyl halides is 3. The molecule has 0 aliphatic heterocycles. The Morgan fingerprint density at radius 3 is 2.30 bits per heavy atom. The minimum atomic E-state index is -4.84. The Morgan fingerprint density at radius 2 is 1.78 bits per heavy atom. The third-order valence-corrected chi connectivity index (χ3v) is 2.98. The lowest BCUT2D eigenvalue weighted by atomic mass is 10.1. The van der Waals surface area contributed by atoms with Crippen molar-refractivity contribution in [2.75, 3.05) is 5.73 Å². The van der Waals surface area contributed by atoms with Crippen LogP contribution < -0.4 is 5.73 Å². The molecule has 7 nitrogen and oxygen atoms in total. The Bertz CT molecular complexity index is 850. The van der Waals surface area contributed by atoms with Crippen LogP contribution in [0.5, 0.6) is 0 Å². The van der Waals surface area contributed by atoms with Gasteiger partial charge in [-0.15, -0.1) is 5.10 Å². The molecule has 0 atom stereocenters. The lowest BCUT2D eigenvalue weighted by Gasteiger charge is -2.04. The van der Waals surface area contributed by atoms with Crippen LogP contribution in [0.4, 0.5) is 23.4 Å². The van der Waals surface area contributed by atoms with Crippen LogP contribution in [0.3, 0.4) is 0 Å². The number of nitrogen functional groups attached to an aromatic ring is 1. The number of hydrogen-bond donors (Lipinski definition) is 1. The van der Waals surface area contributed by atoms with Crippen LogP contribution in [-0.2, 0) is 13.2 Å². The molecule has 0 saturated carbocycles. The van der Waals surface area contributed by atoms with Gasteiger partial charge in [-0.05, 0) is 6.07 Å². The largest absolute Gasteiger partial charge is 0.435 e. The summed E-state index contributed by atoms with van der Waals surface area (Å²) in [5.41, 5.74) is 3.42. The molecule has 23 heavy (non-hydrogen) atoms. The zero-order valence-electron chi connectivity index (χ0n) is 11.6. The Labute approximate surface area is 126 Å². The molecule has 0 radical (unpaired) electrons. The van der Waals surface area contributed by atoms with Crippen molar-refractivity contribution in [3.8, 4) is 17.1 Å². The molecule has 0 amide bonds. The average Bonchev–Trinajstić information content (AvgIpc) is 2.99. The molecule has 3 aromatic rings. The molecule has 120 valence electrons. The van der Waals surface area contributed by atoms with E-state index in [1.165, 1.54) is 25.5 Å². The standard InChI is InChI=1S/C12H9F4N7/c1-22-5-6(9(13)21-22)7-8(12(14,15)16)20-23(10(7)17)11-18-3-2-4-19-11/h2-5H,17H2,1H3. The lowest BCUT2D eigenvalue weighted by molar-refractivity contribution is -0.140. The maximum Gasteiger partial charge on any atom is 0.435 e. The van der Waals surface area contributed by atoms with Gasteiger partial charge >= 0.3 is 6.18 Å². The number of anilines is 1. The normalized spacial score (nSPS) is 11.9. The van der Waals surface area contributed by atoms with Gasteiger partial charge in [0.2, 0.25) is 5.95 Å². The highest BCUT2D eigenvalue weighted by atomic mass is 19.4. The summed E-state index contributed by atoms with van der Waals surface area (Å²) in [6, 6.07) is 1.48. The van der Waals surface area contributed by atoms with Gasteiger partial charge < -0.3 is 5.73 Å². The van der Waals surface area contributed by atoms with E-state index in [2.05, 4.69) is 20.2 Å². The smallest absolute Gasteiger partial charge is 0.383 e. The van der Waals surface area contributed by atoms with Gasteiger partial charge in [-0.1, -0.05) is 0 Å². The molecule has 0 saturated heterocycles. The van der Waals surface area contributed by atoms with Gasteiger partial charge in [0.15, 0.2) is 5.69 Å². The van der Waals surface area contributed by atoms with Crippen molar-refractivity contribution in [3.63, 3.8) is 0 Å². The Morgan fingerprint density at radius 1 is 1.13 bits per heavy atom. The van der Waals surface area contributed by atoms with E-state index in [1.807, 2.05) is 0 Å². The second-order valence-corrected chi connectivity index (χ2v) is 4.57. The quantitative estimate of drug-likeness (QED) is 0.725. The first-order valence-electron chi connectivity index (χ1n) is 6.21. The summed E-state index contributed by atoms with van der Waals surface area (Å²) in [4.78, 5) is 7.59. The van der Waals surface area contributed by atoms with Gasteiger partial charge in [0.1, 0.15) is 5.82 Å². The van der Waals surface area contributed by atoms with Crippen LogP contribution in [0.25, 0.3) is 17.1 Å². The number of nitrogens with zero attached hydrogens (tertiary/aromatic N) is 6. The van der Waals surface area contributed by atoms with Gasteiger partial charge in [0.05, 0.1) is 11.1 Å². The van der Waals surface area contributed by atoms with E-state index in [4.69, 9.17) is 5.73 Å². The topological polar surface area (TPSA) is 87.4 Å². The van der Waals surface area contributed by atoms with Gasteiger partial charge in [-0.25, -0.2) is 9.97 Å². The van der Waals surface area contributed by atoms with Crippen molar-refractivity contribution in [2.45, 2.75) is 6.18 Å². The van der Waals surface area contributed by atoms with Crippen molar-refractivity contribution in [2.24, 2.45) is 7.05 Å². The molecule has 3 heterocycles. The first kappa shape index (κ1) is 14.9. The van der Waals surface area contributed by atoms with Crippen LogP contribution in [0, 0.1) is 5.95 Å². The van der Waals surface area contributed by atoms with Gasteiger partial charge in [0.25, 0.3) is 5.95 Å². The minimum absolute atomic E-state index is 0.161. The Balaban J connectivity index is 2.30. The van der Waals surface area contributed by atoms with Crippen molar-refractivity contribution in [1.82, 2.24) is 29.5 Å². The molecule has 2 N–H and O–H groups in total. The summed E-state index contributed by atoms with van der Waals surface area (Å²) in [5.74, 6) is -1.68. The highest BCUT2D eigenvalue weighted by molar-refractivity contribution is 5.77. The predicted octanol–water partition coefficient (Wildman–Crippen LogP) is 1.80. The van der Waals surface area contributed by atoms with E-state index in [9.17, 15) is 17.6 Å². The first-order chi connectivity index (χ1) is 10.8. The fourth-order valence-corrected chi connectivity index (χ4v) is 2.08. The Kier molecular flexibility index (Phi) is 3.27.